The number of carbonyl (C=O) groups is 2. The number of nitrogens with one attached hydrogen (secondary N) is 2. The molecule has 0 fully saturated rings. The number of rotatable bonds is 7. The standard InChI is InChI=1S/C24H20FN5O3S/c1-33-20-9-5-6-17(14-20)22-27-29-24(30(22)19-7-3-2-4-8-19)34-15-21(31)26-28-23(32)16-10-12-18(25)13-11-16/h2-14H,15H2,1H3,(H,26,31)(H,28,32). The largest absolute Gasteiger partial charge is 0.497 e. The summed E-state index contributed by atoms with van der Waals surface area (Å²) in [6.07, 6.45) is 0. The third kappa shape index (κ3) is 5.41. The molecule has 0 saturated carbocycles. The Kier molecular flexibility index (Phi) is 7.19. The van der Waals surface area contributed by atoms with Gasteiger partial charge in [-0.1, -0.05) is 42.1 Å². The number of thioether (sulfide) groups is 1. The monoisotopic (exact) mass is 477 g/mol. The number of aromatic nitrogens is 3. The Morgan fingerprint density at radius 2 is 1.74 bits per heavy atom. The Morgan fingerprint density at radius 1 is 0.971 bits per heavy atom. The van der Waals surface area contributed by atoms with Gasteiger partial charge in [0.05, 0.1) is 12.9 Å². The summed E-state index contributed by atoms with van der Waals surface area (Å²) in [5.74, 6) is -0.180. The minimum absolute atomic E-state index is 0.0211. The molecule has 0 aliphatic carbocycles. The van der Waals surface area contributed by atoms with Gasteiger partial charge in [-0.2, -0.15) is 0 Å². The van der Waals surface area contributed by atoms with Gasteiger partial charge in [-0.25, -0.2) is 4.39 Å². The van der Waals surface area contributed by atoms with Crippen LogP contribution in [-0.4, -0.2) is 39.4 Å². The van der Waals surface area contributed by atoms with Crippen LogP contribution in [0.1, 0.15) is 10.4 Å². The van der Waals surface area contributed by atoms with E-state index in [4.69, 9.17) is 4.74 Å². The minimum Gasteiger partial charge on any atom is -0.497 e. The first-order valence-electron chi connectivity index (χ1n) is 10.2. The topological polar surface area (TPSA) is 98.1 Å². The molecule has 1 aromatic heterocycles. The van der Waals surface area contributed by atoms with Gasteiger partial charge < -0.3 is 4.74 Å². The highest BCUT2D eigenvalue weighted by Gasteiger charge is 2.18. The average Bonchev–Trinajstić information content (AvgIpc) is 3.31. The van der Waals surface area contributed by atoms with Crippen LogP contribution in [0.15, 0.2) is 84.0 Å². The van der Waals surface area contributed by atoms with Gasteiger partial charge in [0.1, 0.15) is 11.6 Å². The molecule has 34 heavy (non-hydrogen) atoms. The van der Waals surface area contributed by atoms with Gasteiger partial charge in [-0.15, -0.1) is 10.2 Å². The molecule has 0 atom stereocenters. The number of halogens is 1. The van der Waals surface area contributed by atoms with Crippen molar-refractivity contribution < 1.29 is 18.7 Å². The van der Waals surface area contributed by atoms with Gasteiger partial charge in [0.15, 0.2) is 11.0 Å². The average molecular weight is 478 g/mol. The molecule has 2 amide bonds. The van der Waals surface area contributed by atoms with E-state index in [0.29, 0.717) is 16.7 Å². The van der Waals surface area contributed by atoms with Crippen molar-refractivity contribution in [1.29, 1.82) is 0 Å². The number of nitrogens with zero attached hydrogens (tertiary/aromatic N) is 3. The molecule has 0 saturated heterocycles. The zero-order valence-corrected chi connectivity index (χ0v) is 18.9. The number of hydrogen-bond acceptors (Lipinski definition) is 6. The van der Waals surface area contributed by atoms with Gasteiger partial charge >= 0.3 is 0 Å². The van der Waals surface area contributed by atoms with E-state index in [9.17, 15) is 14.0 Å². The lowest BCUT2D eigenvalue weighted by Crippen LogP contribution is -2.42. The first-order valence-corrected chi connectivity index (χ1v) is 11.2. The zero-order valence-electron chi connectivity index (χ0n) is 18.1. The van der Waals surface area contributed by atoms with Crippen molar-refractivity contribution >= 4 is 23.6 Å². The predicted molar refractivity (Wildman–Crippen MR) is 126 cm³/mol. The number of ether oxygens (including phenoxy) is 1. The first kappa shape index (κ1) is 23.0. The molecule has 3 aromatic carbocycles. The summed E-state index contributed by atoms with van der Waals surface area (Å²) in [5.41, 5.74) is 6.52. The van der Waals surface area contributed by atoms with Crippen LogP contribution in [0.4, 0.5) is 4.39 Å². The van der Waals surface area contributed by atoms with Crippen LogP contribution in [0.3, 0.4) is 0 Å². The maximum absolute atomic E-state index is 13.0. The quantitative estimate of drug-likeness (QED) is 0.312. The molecule has 4 rings (SSSR count). The number of carbonyl (C=O) groups excluding carboxylic acids is 2. The maximum Gasteiger partial charge on any atom is 0.269 e. The molecular weight excluding hydrogens is 457 g/mol. The second kappa shape index (κ2) is 10.6. The summed E-state index contributed by atoms with van der Waals surface area (Å²) in [6.45, 7) is 0. The molecule has 0 bridgehead atoms. The smallest absolute Gasteiger partial charge is 0.269 e. The molecular formula is C24H20FN5O3S. The normalized spacial score (nSPS) is 10.5. The number of methoxy groups -OCH3 is 1. The minimum atomic E-state index is -0.550. The van der Waals surface area contributed by atoms with E-state index in [1.165, 1.54) is 36.0 Å². The predicted octanol–water partition coefficient (Wildman–Crippen LogP) is 3.64. The Bertz CT molecular complexity index is 1300. The molecule has 0 unspecified atom stereocenters. The van der Waals surface area contributed by atoms with Crippen molar-refractivity contribution in [2.75, 3.05) is 12.9 Å². The third-order valence-corrected chi connectivity index (χ3v) is 5.66. The molecule has 10 heteroatoms. The van der Waals surface area contributed by atoms with E-state index in [1.54, 1.807) is 7.11 Å². The molecule has 0 aliphatic rings. The Morgan fingerprint density at radius 3 is 2.47 bits per heavy atom. The second-order valence-corrected chi connectivity index (χ2v) is 7.95. The number of para-hydroxylation sites is 1. The molecule has 0 radical (unpaired) electrons. The van der Waals surface area contributed by atoms with E-state index in [1.807, 2.05) is 59.2 Å². The fourth-order valence-electron chi connectivity index (χ4n) is 3.09. The summed E-state index contributed by atoms with van der Waals surface area (Å²) in [4.78, 5) is 24.4. The highest BCUT2D eigenvalue weighted by molar-refractivity contribution is 7.99. The Balaban J connectivity index is 1.48. The molecule has 1 heterocycles. The van der Waals surface area contributed by atoms with Crippen molar-refractivity contribution in [2.45, 2.75) is 5.16 Å². The summed E-state index contributed by atoms with van der Waals surface area (Å²) >= 11 is 1.17. The maximum atomic E-state index is 13.0. The van der Waals surface area contributed by atoms with E-state index in [2.05, 4.69) is 21.0 Å². The lowest BCUT2D eigenvalue weighted by molar-refractivity contribution is -0.119. The van der Waals surface area contributed by atoms with Gasteiger partial charge in [0.2, 0.25) is 5.91 Å². The summed E-state index contributed by atoms with van der Waals surface area (Å²) in [7, 11) is 1.59. The second-order valence-electron chi connectivity index (χ2n) is 7.01. The fraction of sp³-hybridized carbons (Fsp3) is 0.0833. The summed E-state index contributed by atoms with van der Waals surface area (Å²) in [5, 5.41) is 9.13. The van der Waals surface area contributed by atoms with E-state index < -0.39 is 17.6 Å². The first-order chi connectivity index (χ1) is 16.5. The zero-order chi connectivity index (χ0) is 23.9. The SMILES string of the molecule is COc1cccc(-c2nnc(SCC(=O)NNC(=O)c3ccc(F)cc3)n2-c2ccccc2)c1. The number of benzene rings is 3. The van der Waals surface area contributed by atoms with Crippen LogP contribution < -0.4 is 15.6 Å². The fourth-order valence-corrected chi connectivity index (χ4v) is 3.84. The highest BCUT2D eigenvalue weighted by Crippen LogP contribution is 2.29. The highest BCUT2D eigenvalue weighted by atomic mass is 32.2. The van der Waals surface area contributed by atoms with Gasteiger partial charge in [0, 0.05) is 16.8 Å². The lowest BCUT2D eigenvalue weighted by atomic mass is 10.2. The van der Waals surface area contributed by atoms with Crippen molar-refractivity contribution in [2.24, 2.45) is 0 Å². The van der Waals surface area contributed by atoms with Crippen LogP contribution in [0.2, 0.25) is 0 Å². The van der Waals surface area contributed by atoms with Crippen LogP contribution >= 0.6 is 11.8 Å². The van der Waals surface area contributed by atoms with Crippen molar-refractivity contribution in [3.05, 3.63) is 90.2 Å². The molecule has 8 nitrogen and oxygen atoms in total. The molecule has 0 aliphatic heterocycles. The van der Waals surface area contributed by atoms with Gasteiger partial charge in [-0.05, 0) is 48.5 Å². The van der Waals surface area contributed by atoms with Crippen LogP contribution in [-0.2, 0) is 4.79 Å². The molecule has 172 valence electrons. The number of hydrazine groups is 1. The third-order valence-electron chi connectivity index (χ3n) is 4.73. The van der Waals surface area contributed by atoms with Crippen molar-refractivity contribution in [3.8, 4) is 22.8 Å². The molecule has 4 aromatic rings. The summed E-state index contributed by atoms with van der Waals surface area (Å²) < 4.78 is 20.2. The van der Waals surface area contributed by atoms with Crippen molar-refractivity contribution in [3.63, 3.8) is 0 Å². The van der Waals surface area contributed by atoms with E-state index in [-0.39, 0.29) is 11.3 Å². The van der Waals surface area contributed by atoms with Gasteiger partial charge in [-0.3, -0.25) is 25.0 Å². The summed E-state index contributed by atoms with van der Waals surface area (Å²) in [6, 6.07) is 22.0. The van der Waals surface area contributed by atoms with E-state index in [0.717, 1.165) is 11.3 Å². The van der Waals surface area contributed by atoms with E-state index >= 15 is 0 Å². The lowest BCUT2D eigenvalue weighted by Gasteiger charge is -2.11. The van der Waals surface area contributed by atoms with Gasteiger partial charge in [0.25, 0.3) is 5.91 Å². The number of hydrogen-bond donors (Lipinski definition) is 2. The Hall–Kier alpha value is -4.18. The van der Waals surface area contributed by atoms with Crippen LogP contribution in [0.5, 0.6) is 5.75 Å². The molecule has 2 N–H and O–H groups in total. The molecule has 0 spiro atoms. The van der Waals surface area contributed by atoms with Crippen molar-refractivity contribution in [1.82, 2.24) is 25.6 Å². The number of amides is 2. The van der Waals surface area contributed by atoms with Crippen LogP contribution in [0.25, 0.3) is 17.1 Å². The Labute approximate surface area is 199 Å². The van der Waals surface area contributed by atoms with Crippen LogP contribution in [0, 0.1) is 5.82 Å².